The summed E-state index contributed by atoms with van der Waals surface area (Å²) < 4.78 is 2.30. The van der Waals surface area contributed by atoms with Crippen LogP contribution in [-0.4, -0.2) is 35.1 Å². The number of nitrogens with zero attached hydrogens (tertiary/aromatic N) is 2. The molecule has 0 radical (unpaired) electrons. The lowest BCUT2D eigenvalue weighted by Gasteiger charge is -2.34. The van der Waals surface area contributed by atoms with Gasteiger partial charge in [-0.05, 0) is 56.1 Å². The van der Waals surface area contributed by atoms with Crippen LogP contribution in [0.15, 0.2) is 48.8 Å². The summed E-state index contributed by atoms with van der Waals surface area (Å²) in [5.74, 6) is 0. The van der Waals surface area contributed by atoms with Crippen LogP contribution in [0.25, 0.3) is 0 Å². The lowest BCUT2D eigenvalue weighted by atomic mass is 10.0. The van der Waals surface area contributed by atoms with Gasteiger partial charge in [-0.15, -0.1) is 12.4 Å². The number of halogens is 1. The normalized spacial score (nSPS) is 15.4. The molecule has 1 fully saturated rings. The van der Waals surface area contributed by atoms with E-state index in [1.54, 1.807) is 0 Å². The summed E-state index contributed by atoms with van der Waals surface area (Å²) in [4.78, 5) is 2.68. The summed E-state index contributed by atoms with van der Waals surface area (Å²) in [6.45, 7) is 7.87. The third-order valence-electron chi connectivity index (χ3n) is 4.74. The fraction of sp³-hybridized carbons (Fsp3) is 0.500. The van der Waals surface area contributed by atoms with Gasteiger partial charge in [-0.2, -0.15) is 0 Å². The van der Waals surface area contributed by atoms with Crippen LogP contribution in [0.3, 0.4) is 0 Å². The van der Waals surface area contributed by atoms with Gasteiger partial charge in [-0.3, -0.25) is 4.90 Å². The molecule has 1 aromatic heterocycles. The first-order valence-corrected chi connectivity index (χ1v) is 8.98. The highest BCUT2D eigenvalue weighted by Crippen LogP contribution is 2.17. The average Bonchev–Trinajstić information content (AvgIpc) is 3.03. The predicted molar refractivity (Wildman–Crippen MR) is 104 cm³/mol. The Morgan fingerprint density at radius 2 is 1.83 bits per heavy atom. The Balaban J connectivity index is 0.00000208. The largest absolute Gasteiger partial charge is 0.350 e. The molecule has 1 N–H and O–H groups in total. The van der Waals surface area contributed by atoms with Crippen LogP contribution in [0.5, 0.6) is 0 Å². The Kier molecular flexibility index (Phi) is 7.83. The number of aromatic nitrogens is 1. The molecule has 0 atom stereocenters. The number of rotatable bonds is 7. The number of nitrogens with one attached hydrogen (secondary N) is 1. The van der Waals surface area contributed by atoms with Crippen LogP contribution in [0, 0.1) is 0 Å². The second-order valence-electron chi connectivity index (χ2n) is 6.63. The molecule has 0 amide bonds. The average molecular weight is 348 g/mol. The molecule has 0 spiro atoms. The monoisotopic (exact) mass is 347 g/mol. The van der Waals surface area contributed by atoms with Gasteiger partial charge in [0.1, 0.15) is 0 Å². The quantitative estimate of drug-likeness (QED) is 0.819. The van der Waals surface area contributed by atoms with E-state index in [1.165, 1.54) is 50.0 Å². The van der Waals surface area contributed by atoms with Crippen molar-refractivity contribution in [3.8, 4) is 0 Å². The summed E-state index contributed by atoms with van der Waals surface area (Å²) in [6.07, 6.45) is 8.33. The van der Waals surface area contributed by atoms with E-state index in [0.717, 1.165) is 19.1 Å². The second kappa shape index (κ2) is 9.87. The van der Waals surface area contributed by atoms with E-state index in [0.29, 0.717) is 0 Å². The molecule has 132 valence electrons. The smallest absolute Gasteiger partial charge is 0.0470 e. The Labute approximate surface area is 152 Å². The van der Waals surface area contributed by atoms with Gasteiger partial charge in [-0.25, -0.2) is 0 Å². The minimum atomic E-state index is 0. The van der Waals surface area contributed by atoms with Crippen molar-refractivity contribution >= 4 is 12.4 Å². The summed E-state index contributed by atoms with van der Waals surface area (Å²) in [6, 6.07) is 13.7. The number of piperidine rings is 1. The van der Waals surface area contributed by atoms with Gasteiger partial charge >= 0.3 is 0 Å². The van der Waals surface area contributed by atoms with Crippen LogP contribution < -0.4 is 5.32 Å². The molecule has 24 heavy (non-hydrogen) atoms. The Hall–Kier alpha value is -1.29. The molecule has 0 bridgehead atoms. The molecular formula is C20H30ClN3. The minimum absolute atomic E-state index is 0. The molecule has 2 aromatic rings. The number of benzene rings is 1. The Morgan fingerprint density at radius 3 is 2.54 bits per heavy atom. The molecular weight excluding hydrogens is 318 g/mol. The van der Waals surface area contributed by atoms with Crippen molar-refractivity contribution in [1.82, 2.24) is 14.8 Å². The molecule has 0 saturated carbocycles. The molecule has 4 heteroatoms. The first-order chi connectivity index (χ1) is 11.3. The molecule has 3 nitrogen and oxygen atoms in total. The molecule has 3 rings (SSSR count). The Morgan fingerprint density at radius 1 is 1.08 bits per heavy atom. The van der Waals surface area contributed by atoms with Crippen molar-refractivity contribution < 1.29 is 0 Å². The highest BCUT2D eigenvalue weighted by Gasteiger charge is 2.20. The third-order valence-corrected chi connectivity index (χ3v) is 4.74. The van der Waals surface area contributed by atoms with E-state index in [-0.39, 0.29) is 12.4 Å². The lowest BCUT2D eigenvalue weighted by Crippen LogP contribution is -2.43. The summed E-state index contributed by atoms with van der Waals surface area (Å²) in [7, 11) is 0. The van der Waals surface area contributed by atoms with E-state index >= 15 is 0 Å². The van der Waals surface area contributed by atoms with Gasteiger partial charge in [0.2, 0.25) is 0 Å². The zero-order valence-corrected chi connectivity index (χ0v) is 15.5. The highest BCUT2D eigenvalue weighted by atomic mass is 35.5. The van der Waals surface area contributed by atoms with Crippen LogP contribution in [-0.2, 0) is 13.1 Å². The van der Waals surface area contributed by atoms with E-state index < -0.39 is 0 Å². The van der Waals surface area contributed by atoms with Gasteiger partial charge in [0.25, 0.3) is 0 Å². The molecule has 1 aromatic carbocycles. The maximum Gasteiger partial charge on any atom is 0.0470 e. The maximum atomic E-state index is 3.48. The SMILES string of the molecule is CCCN(Cc1ccn(Cc2ccccc2)c1)C1CCNCC1.Cl. The summed E-state index contributed by atoms with van der Waals surface area (Å²) in [5.41, 5.74) is 2.80. The number of hydrogen-bond donors (Lipinski definition) is 1. The van der Waals surface area contributed by atoms with Crippen LogP contribution in [0.2, 0.25) is 0 Å². The molecule has 0 aliphatic carbocycles. The molecule has 1 aliphatic rings. The van der Waals surface area contributed by atoms with Crippen LogP contribution >= 0.6 is 12.4 Å². The fourth-order valence-corrected chi connectivity index (χ4v) is 3.56. The lowest BCUT2D eigenvalue weighted by molar-refractivity contribution is 0.154. The van der Waals surface area contributed by atoms with Crippen molar-refractivity contribution in [3.63, 3.8) is 0 Å². The molecule has 0 unspecified atom stereocenters. The topological polar surface area (TPSA) is 20.2 Å². The predicted octanol–water partition coefficient (Wildman–Crippen LogP) is 3.92. The van der Waals surface area contributed by atoms with Crippen molar-refractivity contribution in [2.75, 3.05) is 19.6 Å². The molecule has 2 heterocycles. The fourth-order valence-electron chi connectivity index (χ4n) is 3.56. The zero-order valence-electron chi connectivity index (χ0n) is 14.7. The van der Waals surface area contributed by atoms with E-state index in [1.807, 2.05) is 0 Å². The third kappa shape index (κ3) is 5.37. The first kappa shape index (κ1) is 19.0. The summed E-state index contributed by atoms with van der Waals surface area (Å²) in [5, 5.41) is 3.48. The van der Waals surface area contributed by atoms with Gasteiger partial charge in [-0.1, -0.05) is 37.3 Å². The minimum Gasteiger partial charge on any atom is -0.350 e. The van der Waals surface area contributed by atoms with Gasteiger partial charge in [0.05, 0.1) is 0 Å². The second-order valence-corrected chi connectivity index (χ2v) is 6.63. The van der Waals surface area contributed by atoms with Crippen molar-refractivity contribution in [1.29, 1.82) is 0 Å². The maximum absolute atomic E-state index is 3.48. The molecule has 1 aliphatic heterocycles. The standard InChI is InChI=1S/C20H29N3.ClH/c1-2-13-23(20-8-11-21-12-9-20)17-19-10-14-22(16-19)15-18-6-4-3-5-7-18;/h3-7,10,14,16,20-21H,2,8-9,11-13,15,17H2,1H3;1H. The first-order valence-electron chi connectivity index (χ1n) is 8.98. The molecule has 1 saturated heterocycles. The summed E-state index contributed by atoms with van der Waals surface area (Å²) >= 11 is 0. The number of hydrogen-bond acceptors (Lipinski definition) is 2. The van der Waals surface area contributed by atoms with Crippen molar-refractivity contribution in [2.45, 2.75) is 45.3 Å². The van der Waals surface area contributed by atoms with Gasteiger partial charge in [0, 0.05) is 31.5 Å². The van der Waals surface area contributed by atoms with Crippen molar-refractivity contribution in [3.05, 3.63) is 59.9 Å². The van der Waals surface area contributed by atoms with Crippen LogP contribution in [0.1, 0.15) is 37.3 Å². The zero-order chi connectivity index (χ0) is 15.9. The van der Waals surface area contributed by atoms with Crippen molar-refractivity contribution in [2.24, 2.45) is 0 Å². The Bertz CT molecular complexity index is 576. The highest BCUT2D eigenvalue weighted by molar-refractivity contribution is 5.85. The van der Waals surface area contributed by atoms with E-state index in [4.69, 9.17) is 0 Å². The van der Waals surface area contributed by atoms with Crippen LogP contribution in [0.4, 0.5) is 0 Å². The van der Waals surface area contributed by atoms with E-state index in [9.17, 15) is 0 Å². The van der Waals surface area contributed by atoms with E-state index in [2.05, 4.69) is 70.5 Å². The van der Waals surface area contributed by atoms with Gasteiger partial charge in [0.15, 0.2) is 0 Å². The van der Waals surface area contributed by atoms with Gasteiger partial charge < -0.3 is 9.88 Å².